The lowest BCUT2D eigenvalue weighted by molar-refractivity contribution is -0.144. The van der Waals surface area contributed by atoms with Crippen LogP contribution in [0.25, 0.3) is 28.2 Å². The summed E-state index contributed by atoms with van der Waals surface area (Å²) < 4.78 is 6.65. The number of nitrogens with zero attached hydrogens (tertiary/aromatic N) is 5. The Bertz CT molecular complexity index is 1490. The smallest absolute Gasteiger partial charge is 0.328 e. The van der Waals surface area contributed by atoms with Gasteiger partial charge in [-0.15, -0.1) is 0 Å². The Kier molecular flexibility index (Phi) is 7.46. The number of anilines is 1. The Balaban J connectivity index is 1.64. The number of amides is 1. The number of esters is 1. The Morgan fingerprint density at radius 2 is 1.89 bits per heavy atom. The average molecular weight is 554 g/mol. The molecule has 2 aromatic heterocycles. The highest BCUT2D eigenvalue weighted by Crippen LogP contribution is 2.35. The molecular weight excluding hydrogens is 529 g/mol. The molecule has 0 aliphatic carbocycles. The maximum atomic E-state index is 13.2. The van der Waals surface area contributed by atoms with Crippen LogP contribution in [0.2, 0.25) is 10.0 Å². The molecule has 2 N–H and O–H groups in total. The predicted molar refractivity (Wildman–Crippen MR) is 146 cm³/mol. The van der Waals surface area contributed by atoms with E-state index in [0.29, 0.717) is 52.5 Å². The van der Waals surface area contributed by atoms with E-state index in [2.05, 4.69) is 20.6 Å². The number of fused-ring (bicyclic) bond motifs is 1. The fourth-order valence-corrected chi connectivity index (χ4v) is 4.83. The van der Waals surface area contributed by atoms with Crippen LogP contribution in [-0.2, 0) is 14.3 Å². The number of halogens is 2. The van der Waals surface area contributed by atoms with Crippen LogP contribution >= 0.6 is 23.2 Å². The molecule has 4 aromatic rings. The van der Waals surface area contributed by atoms with Crippen molar-refractivity contribution in [1.82, 2.24) is 30.2 Å². The van der Waals surface area contributed by atoms with Crippen molar-refractivity contribution in [1.29, 1.82) is 0 Å². The minimum absolute atomic E-state index is 0.328. The molecule has 2 aromatic carbocycles. The van der Waals surface area contributed by atoms with Crippen molar-refractivity contribution in [3.8, 4) is 17.1 Å². The van der Waals surface area contributed by atoms with Crippen LogP contribution in [0.4, 0.5) is 5.82 Å². The third-order valence-electron chi connectivity index (χ3n) is 6.36. The van der Waals surface area contributed by atoms with E-state index in [1.165, 1.54) is 13.4 Å². The fraction of sp³-hybridized carbons (Fsp3) is 0.269. The number of benzene rings is 2. The van der Waals surface area contributed by atoms with Gasteiger partial charge in [-0.2, -0.15) is 0 Å². The fourth-order valence-electron chi connectivity index (χ4n) is 4.49. The summed E-state index contributed by atoms with van der Waals surface area (Å²) in [5, 5.41) is 7.11. The lowest BCUT2D eigenvalue weighted by atomic mass is 10.1. The Morgan fingerprint density at radius 1 is 1.13 bits per heavy atom. The van der Waals surface area contributed by atoms with Gasteiger partial charge >= 0.3 is 5.97 Å². The highest BCUT2D eigenvalue weighted by molar-refractivity contribution is 6.33. The second-order valence-electron chi connectivity index (χ2n) is 8.76. The molecule has 1 fully saturated rings. The van der Waals surface area contributed by atoms with Crippen LogP contribution in [-0.4, -0.2) is 70.2 Å². The van der Waals surface area contributed by atoms with Crippen LogP contribution < -0.4 is 15.5 Å². The number of carbonyl (C=O) groups excluding carboxylic acids is 2. The topological polar surface area (TPSA) is 114 Å². The molecule has 2 unspecified atom stereocenters. The minimum Gasteiger partial charge on any atom is -0.467 e. The third kappa shape index (κ3) is 4.90. The standard InChI is InChI=1S/C26H25Cl2N7O3/c1-15(26(37)38-2)32-25(36)20-13-29-11-12-34(20)23-21-24(31-14-30-23)35(17-9-7-16(27)8-10-17)22(33-21)18-5-3-4-6-19(18)28/h3-10,14-15,20,29H,11-13H2,1-2H3,(H,32,36). The first-order chi connectivity index (χ1) is 18.4. The van der Waals surface area contributed by atoms with Gasteiger partial charge in [-0.05, 0) is 43.3 Å². The largest absolute Gasteiger partial charge is 0.467 e. The van der Waals surface area contributed by atoms with Crippen molar-refractivity contribution in [2.45, 2.75) is 19.0 Å². The highest BCUT2D eigenvalue weighted by atomic mass is 35.5. The van der Waals surface area contributed by atoms with Crippen molar-refractivity contribution in [3.05, 3.63) is 64.9 Å². The molecule has 196 valence electrons. The Morgan fingerprint density at radius 3 is 2.63 bits per heavy atom. The van der Waals surface area contributed by atoms with Gasteiger partial charge in [0.2, 0.25) is 5.91 Å². The van der Waals surface area contributed by atoms with Crippen LogP contribution in [0.3, 0.4) is 0 Å². The summed E-state index contributed by atoms with van der Waals surface area (Å²) in [5.74, 6) is 0.225. The first-order valence-electron chi connectivity index (χ1n) is 12.0. The molecule has 0 saturated carbocycles. The molecule has 12 heteroatoms. The zero-order chi connectivity index (χ0) is 26.8. The monoisotopic (exact) mass is 553 g/mol. The van der Waals surface area contributed by atoms with Gasteiger partial charge < -0.3 is 20.3 Å². The number of imidazole rings is 1. The second-order valence-corrected chi connectivity index (χ2v) is 9.61. The van der Waals surface area contributed by atoms with Gasteiger partial charge in [0.15, 0.2) is 17.0 Å². The van der Waals surface area contributed by atoms with Gasteiger partial charge in [0, 0.05) is 35.9 Å². The zero-order valence-electron chi connectivity index (χ0n) is 20.7. The van der Waals surface area contributed by atoms with E-state index < -0.39 is 18.1 Å². The molecule has 0 spiro atoms. The van der Waals surface area contributed by atoms with Crippen LogP contribution in [0.1, 0.15) is 6.92 Å². The number of nitrogens with one attached hydrogen (secondary N) is 2. The molecule has 10 nitrogen and oxygen atoms in total. The number of hydrogen-bond donors (Lipinski definition) is 2. The summed E-state index contributed by atoms with van der Waals surface area (Å²) in [6.45, 7) is 3.07. The quantitative estimate of drug-likeness (QED) is 0.350. The molecule has 1 saturated heterocycles. The molecule has 1 amide bonds. The summed E-state index contributed by atoms with van der Waals surface area (Å²) >= 11 is 12.7. The molecule has 0 radical (unpaired) electrons. The number of carbonyl (C=O) groups is 2. The summed E-state index contributed by atoms with van der Waals surface area (Å²) in [6, 6.07) is 13.3. The van der Waals surface area contributed by atoms with Gasteiger partial charge in [-0.25, -0.2) is 19.7 Å². The van der Waals surface area contributed by atoms with E-state index in [-0.39, 0.29) is 5.91 Å². The minimum atomic E-state index is -0.794. The van der Waals surface area contributed by atoms with E-state index in [1.807, 2.05) is 39.8 Å². The van der Waals surface area contributed by atoms with E-state index in [4.69, 9.17) is 32.9 Å². The van der Waals surface area contributed by atoms with Crippen LogP contribution in [0.5, 0.6) is 0 Å². The summed E-state index contributed by atoms with van der Waals surface area (Å²) in [6.07, 6.45) is 1.45. The SMILES string of the molecule is COC(=O)C(C)NC(=O)C1CNCCN1c1ncnc2c1nc(-c1ccccc1Cl)n2-c1ccc(Cl)cc1. The maximum Gasteiger partial charge on any atom is 0.328 e. The van der Waals surface area contributed by atoms with E-state index in [0.717, 1.165) is 11.3 Å². The van der Waals surface area contributed by atoms with Crippen LogP contribution in [0.15, 0.2) is 54.9 Å². The third-order valence-corrected chi connectivity index (χ3v) is 6.94. The van der Waals surface area contributed by atoms with Crippen LogP contribution in [0, 0.1) is 0 Å². The molecule has 3 heterocycles. The first-order valence-corrected chi connectivity index (χ1v) is 12.7. The van der Waals surface area contributed by atoms with Gasteiger partial charge in [0.25, 0.3) is 0 Å². The number of methoxy groups -OCH3 is 1. The molecule has 5 rings (SSSR count). The molecule has 2 atom stereocenters. The predicted octanol–water partition coefficient (Wildman–Crippen LogP) is 3.25. The number of rotatable bonds is 6. The van der Waals surface area contributed by atoms with Crippen molar-refractivity contribution in [2.75, 3.05) is 31.6 Å². The lowest BCUT2D eigenvalue weighted by Crippen LogP contribution is -2.60. The molecule has 1 aliphatic rings. The molecule has 1 aliphatic heterocycles. The van der Waals surface area contributed by atoms with Crippen molar-refractivity contribution < 1.29 is 14.3 Å². The number of aromatic nitrogens is 4. The van der Waals surface area contributed by atoms with Crippen molar-refractivity contribution >= 4 is 52.1 Å². The van der Waals surface area contributed by atoms with Gasteiger partial charge in [0.1, 0.15) is 24.2 Å². The van der Waals surface area contributed by atoms with Gasteiger partial charge in [0.05, 0.1) is 12.1 Å². The van der Waals surface area contributed by atoms with E-state index >= 15 is 0 Å². The Labute approximate surface area is 228 Å². The Hall–Kier alpha value is -3.73. The van der Waals surface area contributed by atoms with E-state index in [9.17, 15) is 9.59 Å². The maximum absolute atomic E-state index is 13.2. The summed E-state index contributed by atoms with van der Waals surface area (Å²) in [7, 11) is 1.28. The highest BCUT2D eigenvalue weighted by Gasteiger charge is 2.34. The zero-order valence-corrected chi connectivity index (χ0v) is 22.2. The lowest BCUT2D eigenvalue weighted by Gasteiger charge is -2.36. The molecular formula is C26H25Cl2N7O3. The number of hydrogen-bond acceptors (Lipinski definition) is 8. The summed E-state index contributed by atoms with van der Waals surface area (Å²) in [5.41, 5.74) is 2.57. The molecule has 0 bridgehead atoms. The van der Waals surface area contributed by atoms with E-state index in [1.54, 1.807) is 25.1 Å². The number of piperazine rings is 1. The number of ether oxygens (including phenoxy) is 1. The van der Waals surface area contributed by atoms with Gasteiger partial charge in [-0.3, -0.25) is 9.36 Å². The van der Waals surface area contributed by atoms with Crippen molar-refractivity contribution in [3.63, 3.8) is 0 Å². The molecule has 38 heavy (non-hydrogen) atoms. The normalized spacial score (nSPS) is 16.3. The first kappa shape index (κ1) is 25.9. The van der Waals surface area contributed by atoms with Crippen molar-refractivity contribution in [2.24, 2.45) is 0 Å². The summed E-state index contributed by atoms with van der Waals surface area (Å²) in [4.78, 5) is 41.1. The van der Waals surface area contributed by atoms with Gasteiger partial charge in [-0.1, -0.05) is 35.3 Å². The second kappa shape index (κ2) is 10.9. The average Bonchev–Trinajstić information content (AvgIpc) is 3.32.